The second-order valence-corrected chi connectivity index (χ2v) is 4.92. The number of benzene rings is 1. The SMILES string of the molecule is C[C@@H](CC(=O)NCc1ccc(F)cc1)C1CC1. The number of amides is 1. The maximum atomic E-state index is 12.7. The predicted octanol–water partition coefficient (Wildman–Crippen LogP) is 2.88. The number of hydrogen-bond acceptors (Lipinski definition) is 1. The minimum absolute atomic E-state index is 0.0914. The van der Waals surface area contributed by atoms with Crippen molar-refractivity contribution >= 4 is 5.91 Å². The highest BCUT2D eigenvalue weighted by Crippen LogP contribution is 2.37. The molecule has 1 N–H and O–H groups in total. The van der Waals surface area contributed by atoms with E-state index in [4.69, 9.17) is 0 Å². The van der Waals surface area contributed by atoms with Gasteiger partial charge in [0, 0.05) is 13.0 Å². The van der Waals surface area contributed by atoms with Crippen LogP contribution in [0.2, 0.25) is 0 Å². The van der Waals surface area contributed by atoms with E-state index in [0.717, 1.165) is 11.5 Å². The molecule has 2 nitrogen and oxygen atoms in total. The van der Waals surface area contributed by atoms with Gasteiger partial charge in [0.2, 0.25) is 5.91 Å². The van der Waals surface area contributed by atoms with Gasteiger partial charge < -0.3 is 5.32 Å². The molecule has 1 aromatic rings. The van der Waals surface area contributed by atoms with Crippen molar-refractivity contribution < 1.29 is 9.18 Å². The summed E-state index contributed by atoms with van der Waals surface area (Å²) >= 11 is 0. The fourth-order valence-electron chi connectivity index (χ4n) is 2.00. The monoisotopic (exact) mass is 235 g/mol. The maximum Gasteiger partial charge on any atom is 0.220 e. The van der Waals surface area contributed by atoms with Gasteiger partial charge in [-0.15, -0.1) is 0 Å². The topological polar surface area (TPSA) is 29.1 Å². The van der Waals surface area contributed by atoms with Gasteiger partial charge in [-0.1, -0.05) is 19.1 Å². The van der Waals surface area contributed by atoms with Crippen molar-refractivity contribution in [2.75, 3.05) is 0 Å². The van der Waals surface area contributed by atoms with Crippen molar-refractivity contribution in [1.29, 1.82) is 0 Å². The highest BCUT2D eigenvalue weighted by molar-refractivity contribution is 5.76. The van der Waals surface area contributed by atoms with Crippen molar-refractivity contribution in [3.05, 3.63) is 35.6 Å². The van der Waals surface area contributed by atoms with Crippen LogP contribution in [0.5, 0.6) is 0 Å². The van der Waals surface area contributed by atoms with Crippen LogP contribution in [0, 0.1) is 17.7 Å². The standard InChI is InChI=1S/C14H18FNO/c1-10(12-4-5-12)8-14(17)16-9-11-2-6-13(15)7-3-11/h2-3,6-7,10,12H,4-5,8-9H2,1H3,(H,16,17)/t10-/m0/s1. The van der Waals surface area contributed by atoms with Crippen molar-refractivity contribution in [2.24, 2.45) is 11.8 Å². The normalized spacial score (nSPS) is 16.6. The van der Waals surface area contributed by atoms with E-state index < -0.39 is 0 Å². The minimum atomic E-state index is -0.248. The highest BCUT2D eigenvalue weighted by atomic mass is 19.1. The molecule has 0 heterocycles. The first-order valence-electron chi connectivity index (χ1n) is 6.16. The molecule has 0 aromatic heterocycles. The molecule has 1 atom stereocenters. The molecule has 92 valence electrons. The molecule has 0 saturated heterocycles. The fourth-order valence-corrected chi connectivity index (χ4v) is 2.00. The summed E-state index contributed by atoms with van der Waals surface area (Å²) in [4.78, 5) is 11.6. The van der Waals surface area contributed by atoms with Crippen LogP contribution in [-0.4, -0.2) is 5.91 Å². The van der Waals surface area contributed by atoms with E-state index in [9.17, 15) is 9.18 Å². The highest BCUT2D eigenvalue weighted by Gasteiger charge is 2.28. The summed E-state index contributed by atoms with van der Waals surface area (Å²) in [5.74, 6) is 1.09. The van der Waals surface area contributed by atoms with Crippen LogP contribution < -0.4 is 5.32 Å². The number of nitrogens with one attached hydrogen (secondary N) is 1. The first-order valence-corrected chi connectivity index (χ1v) is 6.16. The Hall–Kier alpha value is -1.38. The van der Waals surface area contributed by atoms with Crippen LogP contribution in [0.1, 0.15) is 31.7 Å². The quantitative estimate of drug-likeness (QED) is 0.835. The van der Waals surface area contributed by atoms with Gasteiger partial charge in [0.05, 0.1) is 0 Å². The van der Waals surface area contributed by atoms with Crippen molar-refractivity contribution in [3.63, 3.8) is 0 Å². The van der Waals surface area contributed by atoms with Gasteiger partial charge in [-0.3, -0.25) is 4.79 Å². The van der Waals surface area contributed by atoms with E-state index in [1.54, 1.807) is 12.1 Å². The van der Waals surface area contributed by atoms with E-state index in [2.05, 4.69) is 12.2 Å². The second-order valence-electron chi connectivity index (χ2n) is 4.92. The van der Waals surface area contributed by atoms with Crippen LogP contribution >= 0.6 is 0 Å². The molecule has 0 spiro atoms. The molecule has 0 unspecified atom stereocenters. The number of halogens is 1. The molecule has 1 aromatic carbocycles. The maximum absolute atomic E-state index is 12.7. The van der Waals surface area contributed by atoms with Crippen molar-refractivity contribution in [3.8, 4) is 0 Å². The Morgan fingerprint density at radius 3 is 2.65 bits per heavy atom. The van der Waals surface area contributed by atoms with E-state index in [1.165, 1.54) is 25.0 Å². The summed E-state index contributed by atoms with van der Waals surface area (Å²) < 4.78 is 12.7. The summed E-state index contributed by atoms with van der Waals surface area (Å²) in [6.45, 7) is 2.62. The largest absolute Gasteiger partial charge is 0.352 e. The summed E-state index contributed by atoms with van der Waals surface area (Å²) in [5.41, 5.74) is 0.929. The van der Waals surface area contributed by atoms with E-state index in [0.29, 0.717) is 18.9 Å². The molecule has 1 saturated carbocycles. The van der Waals surface area contributed by atoms with Gasteiger partial charge in [-0.05, 0) is 42.4 Å². The van der Waals surface area contributed by atoms with Gasteiger partial charge in [-0.25, -0.2) is 4.39 Å². The third kappa shape index (κ3) is 3.84. The smallest absolute Gasteiger partial charge is 0.220 e. The van der Waals surface area contributed by atoms with Crippen LogP contribution in [0.15, 0.2) is 24.3 Å². The molecular weight excluding hydrogens is 217 g/mol. The molecule has 3 heteroatoms. The molecule has 2 rings (SSSR count). The van der Waals surface area contributed by atoms with E-state index >= 15 is 0 Å². The Morgan fingerprint density at radius 2 is 2.06 bits per heavy atom. The minimum Gasteiger partial charge on any atom is -0.352 e. The lowest BCUT2D eigenvalue weighted by molar-refractivity contribution is -0.122. The third-order valence-corrected chi connectivity index (χ3v) is 3.34. The fraction of sp³-hybridized carbons (Fsp3) is 0.500. The zero-order valence-electron chi connectivity index (χ0n) is 10.1. The Morgan fingerprint density at radius 1 is 1.41 bits per heavy atom. The third-order valence-electron chi connectivity index (χ3n) is 3.34. The first kappa shape index (κ1) is 12.1. The number of carbonyl (C=O) groups excluding carboxylic acids is 1. The second kappa shape index (κ2) is 5.30. The molecule has 1 aliphatic rings. The van der Waals surface area contributed by atoms with Gasteiger partial charge in [-0.2, -0.15) is 0 Å². The lowest BCUT2D eigenvalue weighted by atomic mass is 10.0. The molecule has 17 heavy (non-hydrogen) atoms. The Bertz CT molecular complexity index is 384. The zero-order chi connectivity index (χ0) is 12.3. The molecule has 0 bridgehead atoms. The zero-order valence-corrected chi connectivity index (χ0v) is 10.1. The summed E-state index contributed by atoms with van der Waals surface area (Å²) in [6, 6.07) is 6.21. The van der Waals surface area contributed by atoms with Gasteiger partial charge in [0.15, 0.2) is 0 Å². The molecular formula is C14H18FNO. The molecule has 0 aliphatic heterocycles. The lowest BCUT2D eigenvalue weighted by Gasteiger charge is -2.10. The average Bonchev–Trinajstić information content (AvgIpc) is 3.12. The molecule has 0 radical (unpaired) electrons. The Kier molecular flexibility index (Phi) is 3.77. The van der Waals surface area contributed by atoms with E-state index in [1.807, 2.05) is 0 Å². The molecule has 1 aliphatic carbocycles. The van der Waals surface area contributed by atoms with Gasteiger partial charge >= 0.3 is 0 Å². The van der Waals surface area contributed by atoms with Crippen LogP contribution in [0.25, 0.3) is 0 Å². The van der Waals surface area contributed by atoms with Gasteiger partial charge in [0.25, 0.3) is 0 Å². The first-order chi connectivity index (χ1) is 8.15. The van der Waals surface area contributed by atoms with Gasteiger partial charge in [0.1, 0.15) is 5.82 Å². The van der Waals surface area contributed by atoms with Crippen LogP contribution in [0.3, 0.4) is 0 Å². The molecule has 1 amide bonds. The van der Waals surface area contributed by atoms with Crippen LogP contribution in [0.4, 0.5) is 4.39 Å². The number of hydrogen-bond donors (Lipinski definition) is 1. The Balaban J connectivity index is 1.73. The average molecular weight is 235 g/mol. The number of carbonyl (C=O) groups is 1. The summed E-state index contributed by atoms with van der Waals surface area (Å²) in [6.07, 6.45) is 3.14. The van der Waals surface area contributed by atoms with Crippen LogP contribution in [-0.2, 0) is 11.3 Å². The summed E-state index contributed by atoms with van der Waals surface area (Å²) in [7, 11) is 0. The molecule has 1 fully saturated rings. The Labute approximate surface area is 101 Å². The predicted molar refractivity (Wildman–Crippen MR) is 64.8 cm³/mol. The van der Waals surface area contributed by atoms with Crippen molar-refractivity contribution in [1.82, 2.24) is 5.32 Å². The lowest BCUT2D eigenvalue weighted by Crippen LogP contribution is -2.24. The van der Waals surface area contributed by atoms with E-state index in [-0.39, 0.29) is 11.7 Å². The summed E-state index contributed by atoms with van der Waals surface area (Å²) in [5, 5.41) is 2.87. The number of rotatable bonds is 5. The van der Waals surface area contributed by atoms with Crippen molar-refractivity contribution in [2.45, 2.75) is 32.7 Å².